The number of ether oxygens (including phenoxy) is 6. The lowest BCUT2D eigenvalue weighted by Crippen LogP contribution is -2.28. The average Bonchev–Trinajstić information content (AvgIpc) is 3.43. The van der Waals surface area contributed by atoms with Crippen LogP contribution in [0.25, 0.3) is 0 Å². The van der Waals surface area contributed by atoms with Gasteiger partial charge in [0, 0.05) is 30.5 Å². The molecule has 0 bridgehead atoms. The van der Waals surface area contributed by atoms with Crippen LogP contribution in [0.15, 0.2) is 0 Å². The monoisotopic (exact) mass is 588 g/mol. The van der Waals surface area contributed by atoms with Crippen molar-refractivity contribution in [3.8, 4) is 0 Å². The highest BCUT2D eigenvalue weighted by Gasteiger charge is 2.15. The van der Waals surface area contributed by atoms with Crippen LogP contribution >= 0.6 is 33.2 Å². The van der Waals surface area contributed by atoms with Crippen LogP contribution in [0.3, 0.4) is 0 Å². The van der Waals surface area contributed by atoms with Gasteiger partial charge in [-0.05, 0) is 19.3 Å². The van der Waals surface area contributed by atoms with Gasteiger partial charge in [-0.1, -0.05) is 28.0 Å². The van der Waals surface area contributed by atoms with Gasteiger partial charge in [0.15, 0.2) is 0 Å². The molecule has 1 atom stereocenters. The molecule has 1 aliphatic heterocycles. The molecule has 1 fully saturated rings. The van der Waals surface area contributed by atoms with Gasteiger partial charge in [0.2, 0.25) is 11.8 Å². The number of unbranched alkanes of at least 4 members (excludes halogenated alkanes) is 1. The van der Waals surface area contributed by atoms with Crippen LogP contribution in [0.2, 0.25) is 0 Å². The molecule has 2 N–H and O–H groups in total. The summed E-state index contributed by atoms with van der Waals surface area (Å²) in [5, 5.41) is 6.30. The highest BCUT2D eigenvalue weighted by atomic mass is 35.5. The number of carbonyl (C=O) groups excluding carboxylic acids is 2. The van der Waals surface area contributed by atoms with Crippen molar-refractivity contribution in [2.75, 3.05) is 104 Å². The predicted molar refractivity (Wildman–Crippen MR) is 149 cm³/mol. The maximum absolute atomic E-state index is 11.8. The van der Waals surface area contributed by atoms with Gasteiger partial charge in [-0.15, -0.1) is 11.6 Å². The molecule has 1 saturated heterocycles. The number of hydrogen-bond acceptors (Lipinski definition) is 10. The van der Waals surface area contributed by atoms with E-state index in [1.165, 1.54) is 18.6 Å². The molecule has 2 amide bonds. The second-order valence-corrected chi connectivity index (χ2v) is 11.1. The van der Waals surface area contributed by atoms with Crippen molar-refractivity contribution in [3.63, 3.8) is 0 Å². The fourth-order valence-corrected chi connectivity index (χ4v) is 6.21. The van der Waals surface area contributed by atoms with E-state index >= 15 is 0 Å². The van der Waals surface area contributed by atoms with Crippen molar-refractivity contribution in [1.82, 2.24) is 10.6 Å². The molecule has 13 heteroatoms. The minimum atomic E-state index is -0.205. The Hall–Kier alpha value is -0.310. The number of rotatable bonds is 27. The van der Waals surface area contributed by atoms with E-state index in [2.05, 4.69) is 10.6 Å². The van der Waals surface area contributed by atoms with Crippen molar-refractivity contribution in [1.29, 1.82) is 0 Å². The third-order valence-electron chi connectivity index (χ3n) is 5.03. The van der Waals surface area contributed by atoms with Gasteiger partial charge in [-0.2, -0.15) is 0 Å². The van der Waals surface area contributed by atoms with E-state index in [1.54, 1.807) is 0 Å². The lowest BCUT2D eigenvalue weighted by molar-refractivity contribution is -0.121. The zero-order valence-electron chi connectivity index (χ0n) is 21.9. The summed E-state index contributed by atoms with van der Waals surface area (Å²) in [6.45, 7) is 6.76. The maximum Gasteiger partial charge on any atom is 0.235 e. The second-order valence-electron chi connectivity index (χ2n) is 8.08. The number of alkyl halides is 1. The standard InChI is InChI=1S/C24H45ClN2O8S2/c25-21-24(29)27-7-9-31-11-13-33-15-17-35-19-18-34-16-14-32-12-10-30-8-6-26-23(28)4-2-1-3-22-5-20-36-37-22/h22H,1-21H2,(H,26,28)(H,27,29). The summed E-state index contributed by atoms with van der Waals surface area (Å²) in [5.74, 6) is 1.13. The predicted octanol–water partition coefficient (Wildman–Crippen LogP) is 2.27. The van der Waals surface area contributed by atoms with Crippen molar-refractivity contribution < 1.29 is 38.0 Å². The zero-order valence-corrected chi connectivity index (χ0v) is 24.3. The van der Waals surface area contributed by atoms with Crippen LogP contribution in [-0.4, -0.2) is 121 Å². The van der Waals surface area contributed by atoms with E-state index < -0.39 is 0 Å². The Morgan fingerprint density at radius 3 is 1.57 bits per heavy atom. The Labute approximate surface area is 234 Å². The highest BCUT2D eigenvalue weighted by Crippen LogP contribution is 2.39. The highest BCUT2D eigenvalue weighted by molar-refractivity contribution is 8.77. The van der Waals surface area contributed by atoms with Gasteiger partial charge in [0.05, 0.1) is 79.3 Å². The van der Waals surface area contributed by atoms with Gasteiger partial charge >= 0.3 is 0 Å². The third-order valence-corrected chi connectivity index (χ3v) is 8.28. The molecule has 0 radical (unpaired) electrons. The van der Waals surface area contributed by atoms with Gasteiger partial charge in [-0.3, -0.25) is 9.59 Å². The first-order valence-corrected chi connectivity index (χ1v) is 16.0. The van der Waals surface area contributed by atoms with Crippen LogP contribution in [0.1, 0.15) is 32.1 Å². The lowest BCUT2D eigenvalue weighted by Gasteiger charge is -2.09. The number of amides is 2. The largest absolute Gasteiger partial charge is 0.377 e. The number of hydrogen-bond donors (Lipinski definition) is 2. The Morgan fingerprint density at radius 2 is 1.14 bits per heavy atom. The summed E-state index contributed by atoms with van der Waals surface area (Å²) in [5.41, 5.74) is 0. The Bertz CT molecular complexity index is 549. The molecule has 0 aromatic heterocycles. The van der Waals surface area contributed by atoms with Gasteiger partial charge in [0.1, 0.15) is 5.88 Å². The summed E-state index contributed by atoms with van der Waals surface area (Å²) >= 11 is 5.36. The Balaban J connectivity index is 1.66. The van der Waals surface area contributed by atoms with Crippen molar-refractivity contribution in [2.24, 2.45) is 0 Å². The first-order valence-electron chi connectivity index (χ1n) is 13.1. The third kappa shape index (κ3) is 24.5. The molecular weight excluding hydrogens is 544 g/mol. The molecule has 0 aliphatic carbocycles. The summed E-state index contributed by atoms with van der Waals surface area (Å²) in [7, 11) is 3.97. The molecule has 1 unspecified atom stereocenters. The van der Waals surface area contributed by atoms with Crippen molar-refractivity contribution in [2.45, 2.75) is 37.4 Å². The SMILES string of the molecule is O=C(CCl)NCCOCCOCCOCCOCCOCCOCCNC(=O)CCCCC1CCSS1. The molecule has 1 aliphatic rings. The molecular formula is C24H45ClN2O8S2. The van der Waals surface area contributed by atoms with E-state index in [0.29, 0.717) is 98.8 Å². The van der Waals surface area contributed by atoms with E-state index in [1.807, 2.05) is 21.6 Å². The molecule has 0 aromatic rings. The Kier molecular flexibility index (Phi) is 25.6. The molecule has 218 valence electrons. The smallest absolute Gasteiger partial charge is 0.235 e. The van der Waals surface area contributed by atoms with E-state index in [0.717, 1.165) is 18.1 Å². The molecule has 0 aromatic carbocycles. The number of carbonyl (C=O) groups is 2. The fourth-order valence-electron chi connectivity index (χ4n) is 3.08. The number of halogens is 1. The molecule has 10 nitrogen and oxygen atoms in total. The lowest BCUT2D eigenvalue weighted by atomic mass is 10.1. The second kappa shape index (κ2) is 27.3. The quantitative estimate of drug-likeness (QED) is 0.0841. The van der Waals surface area contributed by atoms with Crippen molar-refractivity contribution in [3.05, 3.63) is 0 Å². The minimum Gasteiger partial charge on any atom is -0.377 e. The Morgan fingerprint density at radius 1 is 0.676 bits per heavy atom. The first kappa shape index (κ1) is 34.7. The summed E-state index contributed by atoms with van der Waals surface area (Å²) < 4.78 is 32.5. The van der Waals surface area contributed by atoms with Gasteiger partial charge in [0.25, 0.3) is 0 Å². The average molecular weight is 589 g/mol. The van der Waals surface area contributed by atoms with Crippen LogP contribution in [-0.2, 0) is 38.0 Å². The van der Waals surface area contributed by atoms with Crippen LogP contribution in [0.4, 0.5) is 0 Å². The van der Waals surface area contributed by atoms with Crippen LogP contribution < -0.4 is 10.6 Å². The summed E-state index contributed by atoms with van der Waals surface area (Å²) in [6.07, 6.45) is 5.22. The fraction of sp³-hybridized carbons (Fsp3) is 0.917. The maximum atomic E-state index is 11.8. The minimum absolute atomic E-state index is 0.0410. The van der Waals surface area contributed by atoms with E-state index in [-0.39, 0.29) is 17.7 Å². The van der Waals surface area contributed by atoms with Crippen molar-refractivity contribution >= 4 is 45.0 Å². The first-order chi connectivity index (χ1) is 18.2. The molecule has 0 saturated carbocycles. The normalized spacial score (nSPS) is 15.2. The van der Waals surface area contributed by atoms with E-state index in [4.69, 9.17) is 40.0 Å². The molecule has 0 spiro atoms. The summed E-state index contributed by atoms with van der Waals surface area (Å²) in [6, 6.07) is 0. The van der Waals surface area contributed by atoms with Crippen LogP contribution in [0.5, 0.6) is 0 Å². The van der Waals surface area contributed by atoms with E-state index in [9.17, 15) is 9.59 Å². The topological polar surface area (TPSA) is 114 Å². The molecule has 1 heterocycles. The summed E-state index contributed by atoms with van der Waals surface area (Å²) in [4.78, 5) is 22.7. The van der Waals surface area contributed by atoms with Crippen LogP contribution in [0, 0.1) is 0 Å². The molecule has 37 heavy (non-hydrogen) atoms. The van der Waals surface area contributed by atoms with Gasteiger partial charge < -0.3 is 39.1 Å². The molecule has 1 rings (SSSR count). The van der Waals surface area contributed by atoms with Gasteiger partial charge in [-0.25, -0.2) is 0 Å². The zero-order chi connectivity index (χ0) is 26.7. The number of nitrogens with one attached hydrogen (secondary N) is 2.